The highest BCUT2D eigenvalue weighted by Crippen LogP contribution is 2.38. The molecule has 7 atom stereocenters. The number of hydrogen-bond acceptors (Lipinski definition) is 8. The maximum absolute atomic E-state index is 13.3. The summed E-state index contributed by atoms with van der Waals surface area (Å²) in [6.07, 6.45) is 3.61. The van der Waals surface area contributed by atoms with Crippen LogP contribution < -0.4 is 0 Å². The number of ether oxygens (including phenoxy) is 2. The summed E-state index contributed by atoms with van der Waals surface area (Å²) in [6, 6.07) is 2.16. The van der Waals surface area contributed by atoms with Gasteiger partial charge >= 0.3 is 5.97 Å². The second kappa shape index (κ2) is 11.3. The molecule has 3 heterocycles. The molecule has 35 heavy (non-hydrogen) atoms. The zero-order valence-electron chi connectivity index (χ0n) is 21.6. The maximum atomic E-state index is 13.3. The fourth-order valence-electron chi connectivity index (χ4n) is 5.00. The highest BCUT2D eigenvalue weighted by Gasteiger charge is 2.45. The Morgan fingerprint density at radius 1 is 1.29 bits per heavy atom. The molecule has 1 aromatic rings. The zero-order chi connectivity index (χ0) is 25.9. The number of esters is 1. The second-order valence-corrected chi connectivity index (χ2v) is 11.8. The van der Waals surface area contributed by atoms with Crippen LogP contribution in [-0.4, -0.2) is 46.3 Å². The van der Waals surface area contributed by atoms with E-state index in [1.807, 2.05) is 32.2 Å². The van der Waals surface area contributed by atoms with Crippen molar-refractivity contribution >= 4 is 29.2 Å². The van der Waals surface area contributed by atoms with Crippen LogP contribution in [0.5, 0.6) is 0 Å². The van der Waals surface area contributed by atoms with Crippen molar-refractivity contribution in [3.8, 4) is 6.07 Å². The third kappa shape index (κ3) is 6.78. The third-order valence-corrected chi connectivity index (χ3v) is 8.41. The molecule has 2 saturated heterocycles. The molecule has 192 valence electrons. The summed E-state index contributed by atoms with van der Waals surface area (Å²) in [6.45, 7) is 10.9. The Labute approximate surface area is 212 Å². The molecule has 2 aliphatic rings. The van der Waals surface area contributed by atoms with Crippen LogP contribution in [0.4, 0.5) is 0 Å². The number of aliphatic hydroxyl groups excluding tert-OH is 1. The predicted molar refractivity (Wildman–Crippen MR) is 134 cm³/mol. The number of ketones is 1. The number of carbonyl (C=O) groups is 2. The lowest BCUT2D eigenvalue weighted by molar-refractivity contribution is -0.150. The quantitative estimate of drug-likeness (QED) is 0.453. The average molecular weight is 503 g/mol. The number of rotatable bonds is 2. The molecule has 7 unspecified atom stereocenters. The number of carbonyl (C=O) groups excluding carboxylic acids is 2. The van der Waals surface area contributed by atoms with Crippen LogP contribution in [-0.2, 0) is 19.1 Å². The molecule has 2 fully saturated rings. The van der Waals surface area contributed by atoms with Gasteiger partial charge in [-0.2, -0.15) is 5.26 Å². The number of aromatic nitrogens is 1. The number of aryl methyl sites for hydroxylation is 1. The number of fused-ring (bicyclic) bond motifs is 1. The zero-order valence-corrected chi connectivity index (χ0v) is 22.4. The Morgan fingerprint density at radius 3 is 2.63 bits per heavy atom. The second-order valence-electron chi connectivity index (χ2n) is 10.8. The molecule has 0 spiro atoms. The average Bonchev–Trinajstić information content (AvgIpc) is 3.42. The highest BCUT2D eigenvalue weighted by atomic mass is 32.1. The number of hydrogen-bond donors (Lipinski definition) is 1. The van der Waals surface area contributed by atoms with Gasteiger partial charge in [-0.05, 0) is 44.3 Å². The monoisotopic (exact) mass is 502 g/mol. The molecule has 0 aliphatic carbocycles. The van der Waals surface area contributed by atoms with E-state index in [0.29, 0.717) is 6.42 Å². The molecule has 1 N–H and O–H groups in total. The van der Waals surface area contributed by atoms with Gasteiger partial charge in [0.1, 0.15) is 11.9 Å². The molecule has 1 aromatic heterocycles. The Kier molecular flexibility index (Phi) is 8.90. The smallest absolute Gasteiger partial charge is 0.307 e. The lowest BCUT2D eigenvalue weighted by atomic mass is 9.69. The van der Waals surface area contributed by atoms with E-state index in [1.165, 1.54) is 0 Å². The molecule has 8 heteroatoms. The van der Waals surface area contributed by atoms with Crippen LogP contribution in [0, 0.1) is 41.4 Å². The minimum absolute atomic E-state index is 0.00478. The number of nitriles is 1. The van der Waals surface area contributed by atoms with Crippen molar-refractivity contribution in [1.82, 2.24) is 4.98 Å². The Hall–Kier alpha value is -2.08. The first-order valence-corrected chi connectivity index (χ1v) is 13.4. The van der Waals surface area contributed by atoms with Crippen LogP contribution in [0.15, 0.2) is 11.0 Å². The van der Waals surface area contributed by atoms with Crippen molar-refractivity contribution in [3.63, 3.8) is 0 Å². The van der Waals surface area contributed by atoms with Crippen molar-refractivity contribution < 1.29 is 24.2 Å². The maximum Gasteiger partial charge on any atom is 0.307 e. The van der Waals surface area contributed by atoms with E-state index < -0.39 is 35.4 Å². The van der Waals surface area contributed by atoms with Crippen LogP contribution in [0.2, 0.25) is 0 Å². The summed E-state index contributed by atoms with van der Waals surface area (Å²) >= 11 is 1.56. The van der Waals surface area contributed by atoms with E-state index >= 15 is 0 Å². The van der Waals surface area contributed by atoms with Crippen LogP contribution >= 0.6 is 11.3 Å². The van der Waals surface area contributed by atoms with Gasteiger partial charge in [0, 0.05) is 23.1 Å². The minimum Gasteiger partial charge on any atom is -0.458 e. The van der Waals surface area contributed by atoms with E-state index in [9.17, 15) is 20.0 Å². The van der Waals surface area contributed by atoms with Crippen molar-refractivity contribution in [1.29, 1.82) is 5.26 Å². The molecule has 2 aliphatic heterocycles. The van der Waals surface area contributed by atoms with Gasteiger partial charge in [0.15, 0.2) is 0 Å². The van der Waals surface area contributed by atoms with E-state index in [0.717, 1.165) is 35.5 Å². The first kappa shape index (κ1) is 27.5. The Morgan fingerprint density at radius 2 is 2.00 bits per heavy atom. The largest absolute Gasteiger partial charge is 0.458 e. The third-order valence-electron chi connectivity index (χ3n) is 7.62. The molecule has 0 amide bonds. The van der Waals surface area contributed by atoms with Gasteiger partial charge in [0.25, 0.3) is 0 Å². The molecule has 7 nitrogen and oxygen atoms in total. The number of thiazole rings is 1. The SMILES string of the molecule is C/C(=C\c1csc(C)n1)C1CC2OC2CCCC(C)C(O)C(C)C(=O)C(C)(C)C(C#N)CC(=O)O1. The molecule has 0 bridgehead atoms. The van der Waals surface area contributed by atoms with Crippen LogP contribution in [0.1, 0.15) is 77.4 Å². The molecule has 0 radical (unpaired) electrons. The van der Waals surface area contributed by atoms with Crippen molar-refractivity contribution in [2.45, 2.75) is 98.1 Å². The van der Waals surface area contributed by atoms with Gasteiger partial charge in [-0.15, -0.1) is 11.3 Å². The molecule has 0 saturated carbocycles. The summed E-state index contributed by atoms with van der Waals surface area (Å²) < 4.78 is 11.8. The fraction of sp³-hybridized carbons (Fsp3) is 0.704. The summed E-state index contributed by atoms with van der Waals surface area (Å²) in [5.41, 5.74) is 0.589. The van der Waals surface area contributed by atoms with Gasteiger partial charge in [0.2, 0.25) is 0 Å². The standard InChI is InChI=1S/C27H38N2O5S/c1-15-8-7-9-21-23(33-21)12-22(16(2)10-20-14-35-18(4)29-20)34-24(30)11-19(13-28)27(5,6)26(32)17(3)25(15)31/h10,14-15,17,19,21-23,25,31H,7-9,11-12H2,1-6H3/b16-10+. The summed E-state index contributed by atoms with van der Waals surface area (Å²) in [7, 11) is 0. The van der Waals surface area contributed by atoms with Crippen LogP contribution in [0.25, 0.3) is 6.08 Å². The number of cyclic esters (lactones) is 1. The molecular formula is C27H38N2O5S. The number of aliphatic hydroxyl groups is 1. The highest BCUT2D eigenvalue weighted by molar-refractivity contribution is 7.09. The van der Waals surface area contributed by atoms with Gasteiger partial charge < -0.3 is 14.6 Å². The molecule has 3 rings (SSSR count). The molecule has 0 aromatic carbocycles. The van der Waals surface area contributed by atoms with E-state index in [4.69, 9.17) is 9.47 Å². The first-order chi connectivity index (χ1) is 16.4. The number of epoxide rings is 1. The number of nitrogens with zero attached hydrogens (tertiary/aromatic N) is 2. The summed E-state index contributed by atoms with van der Waals surface area (Å²) in [5, 5.41) is 23.6. The van der Waals surface area contributed by atoms with Crippen LogP contribution in [0.3, 0.4) is 0 Å². The number of Topliss-reactive ketones (excluding diaryl/α,β-unsaturated/α-hetero) is 1. The minimum atomic E-state index is -1.10. The lowest BCUT2D eigenvalue weighted by Gasteiger charge is -2.34. The normalized spacial score (nSPS) is 35.0. The van der Waals surface area contributed by atoms with Crippen molar-refractivity contribution in [3.05, 3.63) is 21.7 Å². The van der Waals surface area contributed by atoms with E-state index in [2.05, 4.69) is 11.1 Å². The first-order valence-electron chi connectivity index (χ1n) is 12.5. The van der Waals surface area contributed by atoms with E-state index in [1.54, 1.807) is 32.1 Å². The van der Waals surface area contributed by atoms with Crippen molar-refractivity contribution in [2.75, 3.05) is 0 Å². The van der Waals surface area contributed by atoms with Gasteiger partial charge in [0.05, 0.1) is 47.4 Å². The van der Waals surface area contributed by atoms with Crippen molar-refractivity contribution in [2.24, 2.45) is 23.2 Å². The lowest BCUT2D eigenvalue weighted by Crippen LogP contribution is -2.43. The Bertz CT molecular complexity index is 994. The summed E-state index contributed by atoms with van der Waals surface area (Å²) in [5.74, 6) is -2.28. The fourth-order valence-corrected chi connectivity index (χ4v) is 5.57. The Balaban J connectivity index is 1.85. The predicted octanol–water partition coefficient (Wildman–Crippen LogP) is 4.87. The van der Waals surface area contributed by atoms with E-state index in [-0.39, 0.29) is 30.3 Å². The topological polar surface area (TPSA) is 113 Å². The summed E-state index contributed by atoms with van der Waals surface area (Å²) in [4.78, 5) is 30.8. The van der Waals surface area contributed by atoms with Gasteiger partial charge in [-0.3, -0.25) is 9.59 Å². The van der Waals surface area contributed by atoms with Gasteiger partial charge in [-0.1, -0.05) is 34.1 Å². The van der Waals surface area contributed by atoms with Gasteiger partial charge in [-0.25, -0.2) is 4.98 Å². The molecular weight excluding hydrogens is 464 g/mol.